The first-order chi connectivity index (χ1) is 9.49. The van der Waals surface area contributed by atoms with Crippen molar-refractivity contribution >= 4 is 23.1 Å². The third kappa shape index (κ3) is 3.11. The molecule has 0 atom stereocenters. The zero-order valence-electron chi connectivity index (χ0n) is 11.4. The third-order valence-electron chi connectivity index (χ3n) is 2.75. The van der Waals surface area contributed by atoms with E-state index in [-0.39, 0.29) is 11.9 Å². The average molecular weight is 290 g/mol. The Morgan fingerprint density at radius 2 is 1.90 bits per heavy atom. The molecule has 0 amide bonds. The molecule has 104 valence electrons. The van der Waals surface area contributed by atoms with Gasteiger partial charge >= 0.3 is 0 Å². The number of ether oxygens (including phenoxy) is 1. The molecule has 4 heteroatoms. The van der Waals surface area contributed by atoms with Crippen LogP contribution in [0.3, 0.4) is 0 Å². The summed E-state index contributed by atoms with van der Waals surface area (Å²) >= 11 is 5.87. The highest BCUT2D eigenvalue weighted by Crippen LogP contribution is 2.25. The number of ketones is 1. The van der Waals surface area contributed by atoms with Crippen LogP contribution >= 0.6 is 11.6 Å². The fraction of sp³-hybridized carbons (Fsp3) is 0.188. The molecular weight excluding hydrogens is 274 g/mol. The molecule has 0 fully saturated rings. The Balaban J connectivity index is 2.40. The molecule has 0 unspecified atom stereocenters. The van der Waals surface area contributed by atoms with Gasteiger partial charge in [-0.3, -0.25) is 4.79 Å². The molecule has 0 heterocycles. The summed E-state index contributed by atoms with van der Waals surface area (Å²) in [6, 6.07) is 12.0. The molecule has 0 radical (unpaired) electrons. The van der Waals surface area contributed by atoms with E-state index >= 15 is 0 Å². The van der Waals surface area contributed by atoms with Crippen molar-refractivity contribution in [2.75, 3.05) is 5.73 Å². The molecule has 0 saturated carbocycles. The first-order valence-corrected chi connectivity index (χ1v) is 6.72. The van der Waals surface area contributed by atoms with E-state index in [1.54, 1.807) is 36.4 Å². The van der Waals surface area contributed by atoms with Crippen molar-refractivity contribution in [3.8, 4) is 5.75 Å². The van der Waals surface area contributed by atoms with E-state index in [0.717, 1.165) is 0 Å². The van der Waals surface area contributed by atoms with Crippen molar-refractivity contribution in [2.45, 2.75) is 20.0 Å². The number of carbonyl (C=O) groups is 1. The highest BCUT2D eigenvalue weighted by Gasteiger charge is 2.15. The Morgan fingerprint density at radius 3 is 2.55 bits per heavy atom. The maximum absolute atomic E-state index is 12.5. The van der Waals surface area contributed by atoms with Crippen molar-refractivity contribution in [2.24, 2.45) is 0 Å². The summed E-state index contributed by atoms with van der Waals surface area (Å²) in [5.74, 6) is 0.436. The minimum Gasteiger partial charge on any atom is -0.490 e. The molecule has 2 aromatic rings. The van der Waals surface area contributed by atoms with Crippen LogP contribution in [0.4, 0.5) is 5.69 Å². The number of benzene rings is 2. The van der Waals surface area contributed by atoms with Gasteiger partial charge in [0.25, 0.3) is 0 Å². The van der Waals surface area contributed by atoms with E-state index in [9.17, 15) is 4.79 Å². The molecule has 0 aromatic heterocycles. The van der Waals surface area contributed by atoms with E-state index in [2.05, 4.69) is 0 Å². The predicted molar refractivity (Wildman–Crippen MR) is 81.5 cm³/mol. The number of hydrogen-bond donors (Lipinski definition) is 1. The van der Waals surface area contributed by atoms with Crippen LogP contribution in [0.2, 0.25) is 5.02 Å². The quantitative estimate of drug-likeness (QED) is 0.685. The minimum absolute atomic E-state index is 0.000706. The van der Waals surface area contributed by atoms with E-state index in [0.29, 0.717) is 27.6 Å². The normalized spacial score (nSPS) is 10.6. The van der Waals surface area contributed by atoms with Gasteiger partial charge in [-0.25, -0.2) is 0 Å². The fourth-order valence-electron chi connectivity index (χ4n) is 1.85. The van der Waals surface area contributed by atoms with Gasteiger partial charge in [-0.1, -0.05) is 23.7 Å². The highest BCUT2D eigenvalue weighted by atomic mass is 35.5. The van der Waals surface area contributed by atoms with Gasteiger partial charge in [-0.2, -0.15) is 0 Å². The highest BCUT2D eigenvalue weighted by molar-refractivity contribution is 6.33. The van der Waals surface area contributed by atoms with E-state index in [1.165, 1.54) is 0 Å². The standard InChI is InChI=1S/C16H16ClNO2/c1-10(2)20-15-6-4-3-5-12(15)16(19)11-7-8-13(17)14(18)9-11/h3-10H,18H2,1-2H3. The molecule has 0 aliphatic carbocycles. The third-order valence-corrected chi connectivity index (χ3v) is 3.10. The maximum atomic E-state index is 12.5. The van der Waals surface area contributed by atoms with Crippen LogP contribution in [0.25, 0.3) is 0 Å². The number of anilines is 1. The molecule has 0 aliphatic heterocycles. The van der Waals surface area contributed by atoms with E-state index in [1.807, 2.05) is 19.9 Å². The van der Waals surface area contributed by atoms with Gasteiger partial charge in [0.1, 0.15) is 5.75 Å². The van der Waals surface area contributed by atoms with Crippen molar-refractivity contribution in [1.82, 2.24) is 0 Å². The number of carbonyl (C=O) groups excluding carboxylic acids is 1. The van der Waals surface area contributed by atoms with Crippen LogP contribution in [0.15, 0.2) is 42.5 Å². The zero-order chi connectivity index (χ0) is 14.7. The zero-order valence-corrected chi connectivity index (χ0v) is 12.1. The first kappa shape index (κ1) is 14.4. The topological polar surface area (TPSA) is 52.3 Å². The van der Waals surface area contributed by atoms with Crippen LogP contribution in [0, 0.1) is 0 Å². The minimum atomic E-state index is -0.135. The summed E-state index contributed by atoms with van der Waals surface area (Å²) in [5.41, 5.74) is 7.14. The number of hydrogen-bond acceptors (Lipinski definition) is 3. The van der Waals surface area contributed by atoms with Crippen molar-refractivity contribution in [3.63, 3.8) is 0 Å². The SMILES string of the molecule is CC(C)Oc1ccccc1C(=O)c1ccc(Cl)c(N)c1. The second-order valence-corrected chi connectivity index (χ2v) is 5.14. The van der Waals surface area contributed by atoms with Gasteiger partial charge in [0.2, 0.25) is 0 Å². The summed E-state index contributed by atoms with van der Waals surface area (Å²) < 4.78 is 5.66. The molecule has 0 spiro atoms. The summed E-state index contributed by atoms with van der Waals surface area (Å²) in [7, 11) is 0. The molecular formula is C16H16ClNO2. The summed E-state index contributed by atoms with van der Waals surface area (Å²) in [4.78, 5) is 12.5. The second-order valence-electron chi connectivity index (χ2n) is 4.73. The van der Waals surface area contributed by atoms with Crippen LogP contribution < -0.4 is 10.5 Å². The van der Waals surface area contributed by atoms with Gasteiger partial charge in [-0.15, -0.1) is 0 Å². The van der Waals surface area contributed by atoms with Gasteiger partial charge in [0, 0.05) is 5.56 Å². The molecule has 0 aliphatic rings. The maximum Gasteiger partial charge on any atom is 0.196 e. The Kier molecular flexibility index (Phi) is 4.30. The van der Waals surface area contributed by atoms with Gasteiger partial charge in [0.05, 0.1) is 22.4 Å². The Bertz CT molecular complexity index is 638. The fourth-order valence-corrected chi connectivity index (χ4v) is 1.97. The number of para-hydroxylation sites is 1. The van der Waals surface area contributed by atoms with Crippen LogP contribution in [0.1, 0.15) is 29.8 Å². The van der Waals surface area contributed by atoms with Gasteiger partial charge < -0.3 is 10.5 Å². The smallest absolute Gasteiger partial charge is 0.196 e. The molecule has 2 N–H and O–H groups in total. The van der Waals surface area contributed by atoms with Crippen molar-refractivity contribution in [1.29, 1.82) is 0 Å². The molecule has 3 nitrogen and oxygen atoms in total. The van der Waals surface area contributed by atoms with Crippen LogP contribution in [-0.2, 0) is 0 Å². The lowest BCUT2D eigenvalue weighted by atomic mass is 10.0. The molecule has 20 heavy (non-hydrogen) atoms. The lowest BCUT2D eigenvalue weighted by Crippen LogP contribution is -2.10. The number of nitrogen functional groups attached to an aromatic ring is 1. The molecule has 2 rings (SSSR count). The number of nitrogens with two attached hydrogens (primary N) is 1. The largest absolute Gasteiger partial charge is 0.490 e. The summed E-state index contributed by atoms with van der Waals surface area (Å²) in [6.45, 7) is 3.84. The molecule has 0 saturated heterocycles. The van der Waals surface area contributed by atoms with E-state index < -0.39 is 0 Å². The Hall–Kier alpha value is -2.00. The summed E-state index contributed by atoms with van der Waals surface area (Å²) in [5, 5.41) is 0.438. The van der Waals surface area contributed by atoms with E-state index in [4.69, 9.17) is 22.1 Å². The van der Waals surface area contributed by atoms with Crippen molar-refractivity contribution in [3.05, 3.63) is 58.6 Å². The second kappa shape index (κ2) is 5.97. The lowest BCUT2D eigenvalue weighted by molar-refractivity contribution is 0.103. The summed E-state index contributed by atoms with van der Waals surface area (Å²) in [6.07, 6.45) is -0.000706. The molecule has 0 bridgehead atoms. The Morgan fingerprint density at radius 1 is 1.20 bits per heavy atom. The Labute approximate surface area is 123 Å². The van der Waals surface area contributed by atoms with Crippen molar-refractivity contribution < 1.29 is 9.53 Å². The average Bonchev–Trinajstić information content (AvgIpc) is 2.41. The van der Waals surface area contributed by atoms with Crippen LogP contribution in [-0.4, -0.2) is 11.9 Å². The predicted octanol–water partition coefficient (Wildman–Crippen LogP) is 3.94. The monoisotopic (exact) mass is 289 g/mol. The van der Waals surface area contributed by atoms with Crippen LogP contribution in [0.5, 0.6) is 5.75 Å². The number of rotatable bonds is 4. The number of halogens is 1. The first-order valence-electron chi connectivity index (χ1n) is 6.34. The lowest BCUT2D eigenvalue weighted by Gasteiger charge is -2.13. The van der Waals surface area contributed by atoms with Gasteiger partial charge in [0.15, 0.2) is 5.78 Å². The molecule has 2 aromatic carbocycles. The van der Waals surface area contributed by atoms with Gasteiger partial charge in [-0.05, 0) is 44.2 Å².